The summed E-state index contributed by atoms with van der Waals surface area (Å²) < 4.78 is 2.21. The van der Waals surface area contributed by atoms with Crippen LogP contribution in [0.15, 0.2) is 35.8 Å². The molecule has 3 aromatic heterocycles. The fraction of sp³-hybridized carbons (Fsp3) is 0.353. The number of aromatic nitrogens is 2. The molecule has 1 aliphatic rings. The summed E-state index contributed by atoms with van der Waals surface area (Å²) in [5.74, 6) is 1.16. The Labute approximate surface area is 128 Å². The van der Waals surface area contributed by atoms with E-state index in [0.717, 1.165) is 17.2 Å². The van der Waals surface area contributed by atoms with Crippen LogP contribution in [0.25, 0.3) is 16.2 Å². The number of nitrogens with one attached hydrogen (secondary N) is 1. The summed E-state index contributed by atoms with van der Waals surface area (Å²) in [5.41, 5.74) is 3.36. The van der Waals surface area contributed by atoms with Gasteiger partial charge in [-0.05, 0) is 42.8 Å². The number of fused-ring (bicyclic) bond motifs is 1. The Morgan fingerprint density at radius 1 is 1.24 bits per heavy atom. The highest BCUT2D eigenvalue weighted by molar-refractivity contribution is 7.13. The van der Waals surface area contributed by atoms with Gasteiger partial charge in [-0.15, -0.1) is 11.3 Å². The Balaban J connectivity index is 1.86. The molecule has 4 rings (SSSR count). The van der Waals surface area contributed by atoms with Gasteiger partial charge in [0, 0.05) is 12.2 Å². The quantitative estimate of drug-likeness (QED) is 0.757. The number of nitrogens with zero attached hydrogens (tertiary/aromatic N) is 2. The molecule has 3 aromatic rings. The molecule has 108 valence electrons. The molecule has 0 unspecified atom stereocenters. The second kappa shape index (κ2) is 5.19. The minimum Gasteiger partial charge on any atom is -0.367 e. The molecule has 0 saturated heterocycles. The molecule has 0 amide bonds. The van der Waals surface area contributed by atoms with Gasteiger partial charge in [0.15, 0.2) is 0 Å². The molecular weight excluding hydrogens is 278 g/mol. The summed E-state index contributed by atoms with van der Waals surface area (Å²) in [6.45, 7) is 2.13. The molecule has 1 aliphatic carbocycles. The number of imidazole rings is 1. The fourth-order valence-corrected chi connectivity index (χ4v) is 3.85. The highest BCUT2D eigenvalue weighted by Gasteiger charge is 2.20. The Kier molecular flexibility index (Phi) is 3.19. The minimum atomic E-state index is 0.587. The van der Waals surface area contributed by atoms with Crippen molar-refractivity contribution in [1.82, 2.24) is 9.38 Å². The van der Waals surface area contributed by atoms with Crippen molar-refractivity contribution < 1.29 is 0 Å². The summed E-state index contributed by atoms with van der Waals surface area (Å²) >= 11 is 1.75. The van der Waals surface area contributed by atoms with Crippen LogP contribution in [0.4, 0.5) is 5.82 Å². The highest BCUT2D eigenvalue weighted by atomic mass is 32.1. The summed E-state index contributed by atoms with van der Waals surface area (Å²) in [6, 6.07) is 9.06. The van der Waals surface area contributed by atoms with E-state index in [0.29, 0.717) is 6.04 Å². The maximum Gasteiger partial charge on any atom is 0.139 e. The fourth-order valence-electron chi connectivity index (χ4n) is 3.14. The molecule has 4 heteroatoms. The third-order valence-corrected chi connectivity index (χ3v) is 5.09. The predicted octanol–water partition coefficient (Wildman–Crippen LogP) is 4.73. The number of thiophene rings is 1. The smallest absolute Gasteiger partial charge is 0.139 e. The van der Waals surface area contributed by atoms with E-state index in [-0.39, 0.29) is 0 Å². The molecule has 21 heavy (non-hydrogen) atoms. The summed E-state index contributed by atoms with van der Waals surface area (Å²) in [7, 11) is 0. The maximum absolute atomic E-state index is 4.85. The van der Waals surface area contributed by atoms with Gasteiger partial charge in [0.25, 0.3) is 0 Å². The van der Waals surface area contributed by atoms with Gasteiger partial charge in [0.2, 0.25) is 0 Å². The van der Waals surface area contributed by atoms with E-state index in [2.05, 4.69) is 52.5 Å². The van der Waals surface area contributed by atoms with E-state index in [4.69, 9.17) is 4.98 Å². The number of pyridine rings is 1. The predicted molar refractivity (Wildman–Crippen MR) is 89.1 cm³/mol. The van der Waals surface area contributed by atoms with Gasteiger partial charge in [-0.2, -0.15) is 0 Å². The first kappa shape index (κ1) is 12.9. The normalized spacial score (nSPS) is 15.9. The number of hydrogen-bond donors (Lipinski definition) is 1. The van der Waals surface area contributed by atoms with Crippen LogP contribution in [-0.2, 0) is 0 Å². The molecule has 0 radical (unpaired) electrons. The number of anilines is 1. The molecule has 0 aliphatic heterocycles. The number of rotatable bonds is 3. The Hall–Kier alpha value is -1.81. The van der Waals surface area contributed by atoms with Crippen molar-refractivity contribution in [2.45, 2.75) is 38.6 Å². The second-order valence-corrected chi connectivity index (χ2v) is 6.79. The lowest BCUT2D eigenvalue weighted by atomic mass is 10.2. The van der Waals surface area contributed by atoms with E-state index < -0.39 is 0 Å². The van der Waals surface area contributed by atoms with Gasteiger partial charge in [0.1, 0.15) is 17.2 Å². The van der Waals surface area contributed by atoms with Gasteiger partial charge >= 0.3 is 0 Å². The summed E-state index contributed by atoms with van der Waals surface area (Å²) in [5, 5.41) is 5.87. The highest BCUT2D eigenvalue weighted by Crippen LogP contribution is 2.34. The van der Waals surface area contributed by atoms with E-state index in [9.17, 15) is 0 Å². The van der Waals surface area contributed by atoms with Gasteiger partial charge < -0.3 is 5.32 Å². The van der Waals surface area contributed by atoms with Crippen LogP contribution in [0.3, 0.4) is 0 Å². The van der Waals surface area contributed by atoms with Crippen molar-refractivity contribution in [2.24, 2.45) is 0 Å². The lowest BCUT2D eigenvalue weighted by Crippen LogP contribution is -2.16. The van der Waals surface area contributed by atoms with Crippen LogP contribution in [0.2, 0.25) is 0 Å². The van der Waals surface area contributed by atoms with Crippen LogP contribution in [0.1, 0.15) is 31.2 Å². The molecular formula is C17H19N3S. The van der Waals surface area contributed by atoms with E-state index in [1.807, 2.05) is 0 Å². The SMILES string of the molecule is Cc1ccc2nc(-c3cccs3)c(NC3CCCC3)n2c1. The van der Waals surface area contributed by atoms with Crippen LogP contribution >= 0.6 is 11.3 Å². The molecule has 1 fully saturated rings. The largest absolute Gasteiger partial charge is 0.367 e. The lowest BCUT2D eigenvalue weighted by molar-refractivity contribution is 0.749. The first-order valence-electron chi connectivity index (χ1n) is 7.60. The third-order valence-electron chi connectivity index (χ3n) is 4.22. The molecule has 0 spiro atoms. The zero-order valence-electron chi connectivity index (χ0n) is 12.2. The van der Waals surface area contributed by atoms with Crippen molar-refractivity contribution in [1.29, 1.82) is 0 Å². The van der Waals surface area contributed by atoms with Crippen molar-refractivity contribution in [2.75, 3.05) is 5.32 Å². The summed E-state index contributed by atoms with van der Waals surface area (Å²) in [4.78, 5) is 6.08. The minimum absolute atomic E-state index is 0.587. The molecule has 3 heterocycles. The van der Waals surface area contributed by atoms with Crippen LogP contribution < -0.4 is 5.32 Å². The standard InChI is InChI=1S/C17H19N3S/c1-12-8-9-15-19-16(14-7-4-10-21-14)17(20(15)11-12)18-13-5-2-3-6-13/h4,7-11,13,18H,2-3,5-6H2,1H3. The topological polar surface area (TPSA) is 29.3 Å². The van der Waals surface area contributed by atoms with E-state index in [1.54, 1.807) is 11.3 Å². The zero-order chi connectivity index (χ0) is 14.2. The van der Waals surface area contributed by atoms with Gasteiger partial charge in [-0.1, -0.05) is 25.0 Å². The van der Waals surface area contributed by atoms with Crippen molar-refractivity contribution in [3.63, 3.8) is 0 Å². The van der Waals surface area contributed by atoms with Gasteiger partial charge in [0.05, 0.1) is 4.88 Å². The second-order valence-electron chi connectivity index (χ2n) is 5.85. The first-order valence-corrected chi connectivity index (χ1v) is 8.48. The average Bonchev–Trinajstić information content (AvgIpc) is 3.20. The Morgan fingerprint density at radius 3 is 2.86 bits per heavy atom. The Bertz CT molecular complexity index is 752. The molecule has 3 nitrogen and oxygen atoms in total. The maximum atomic E-state index is 4.85. The zero-order valence-corrected chi connectivity index (χ0v) is 13.0. The van der Waals surface area contributed by atoms with Crippen LogP contribution in [0, 0.1) is 6.92 Å². The average molecular weight is 297 g/mol. The van der Waals surface area contributed by atoms with Crippen molar-refractivity contribution in [3.05, 3.63) is 41.4 Å². The Morgan fingerprint density at radius 2 is 2.10 bits per heavy atom. The van der Waals surface area contributed by atoms with Crippen LogP contribution in [0.5, 0.6) is 0 Å². The van der Waals surface area contributed by atoms with Crippen molar-refractivity contribution in [3.8, 4) is 10.6 Å². The van der Waals surface area contributed by atoms with Gasteiger partial charge in [-0.3, -0.25) is 4.40 Å². The first-order chi connectivity index (χ1) is 10.3. The lowest BCUT2D eigenvalue weighted by Gasteiger charge is -2.14. The third kappa shape index (κ3) is 2.33. The number of hydrogen-bond acceptors (Lipinski definition) is 3. The van der Waals surface area contributed by atoms with Gasteiger partial charge in [-0.25, -0.2) is 4.98 Å². The molecule has 0 aromatic carbocycles. The molecule has 1 N–H and O–H groups in total. The van der Waals surface area contributed by atoms with E-state index in [1.165, 1.54) is 36.1 Å². The van der Waals surface area contributed by atoms with Crippen molar-refractivity contribution >= 4 is 22.8 Å². The van der Waals surface area contributed by atoms with E-state index >= 15 is 0 Å². The summed E-state index contributed by atoms with van der Waals surface area (Å²) in [6.07, 6.45) is 7.38. The molecule has 0 atom stereocenters. The van der Waals surface area contributed by atoms with Crippen LogP contribution in [-0.4, -0.2) is 15.4 Å². The monoisotopic (exact) mass is 297 g/mol. The number of aryl methyl sites for hydroxylation is 1. The molecule has 0 bridgehead atoms. The molecule has 1 saturated carbocycles.